The summed E-state index contributed by atoms with van der Waals surface area (Å²) < 4.78 is 0. The fraction of sp³-hybridized carbons (Fsp3) is 0.750. The molecule has 0 aromatic heterocycles. The molecule has 2 atom stereocenters. The van der Waals surface area contributed by atoms with E-state index in [1.807, 2.05) is 4.90 Å². The van der Waals surface area contributed by atoms with Crippen LogP contribution in [0.4, 0.5) is 0 Å². The lowest BCUT2D eigenvalue weighted by molar-refractivity contribution is -0.134. The monoisotopic (exact) mass is 209 g/mol. The fourth-order valence-electron chi connectivity index (χ4n) is 2.46. The molecule has 1 N–H and O–H groups in total. The van der Waals surface area contributed by atoms with Gasteiger partial charge in [-0.25, -0.2) is 0 Å². The third-order valence-electron chi connectivity index (χ3n) is 3.47. The van der Waals surface area contributed by atoms with Gasteiger partial charge in [0.1, 0.15) is 0 Å². The highest BCUT2D eigenvalue weighted by atomic mass is 16.3. The second-order valence-electron chi connectivity index (χ2n) is 4.60. The maximum absolute atomic E-state index is 12.1. The molecule has 1 aliphatic carbocycles. The van der Waals surface area contributed by atoms with Gasteiger partial charge in [0.05, 0.1) is 0 Å². The molecule has 1 heterocycles. The molecule has 3 heteroatoms. The van der Waals surface area contributed by atoms with Gasteiger partial charge in [-0.1, -0.05) is 12.2 Å². The van der Waals surface area contributed by atoms with Crippen LogP contribution in [0.5, 0.6) is 0 Å². The minimum absolute atomic E-state index is 0.201. The summed E-state index contributed by atoms with van der Waals surface area (Å²) in [6.45, 7) is 1.81. The van der Waals surface area contributed by atoms with Crippen LogP contribution in [0, 0.1) is 11.8 Å². The largest absolute Gasteiger partial charge is 0.396 e. The molecule has 0 aromatic carbocycles. The second-order valence-corrected chi connectivity index (χ2v) is 4.60. The number of hydrogen-bond donors (Lipinski definition) is 1. The van der Waals surface area contributed by atoms with Crippen LogP contribution in [-0.2, 0) is 4.79 Å². The van der Waals surface area contributed by atoms with Gasteiger partial charge in [-0.05, 0) is 25.7 Å². The van der Waals surface area contributed by atoms with Crippen LogP contribution in [0.25, 0.3) is 0 Å². The molecule has 2 unspecified atom stereocenters. The summed E-state index contributed by atoms with van der Waals surface area (Å²) in [5, 5.41) is 9.03. The molecular weight excluding hydrogens is 190 g/mol. The summed E-state index contributed by atoms with van der Waals surface area (Å²) in [4.78, 5) is 14.0. The predicted octanol–water partition coefficient (Wildman–Crippen LogP) is 1.18. The Balaban J connectivity index is 1.88. The summed E-state index contributed by atoms with van der Waals surface area (Å²) in [5.41, 5.74) is 0. The molecule has 1 amide bonds. The van der Waals surface area contributed by atoms with Gasteiger partial charge in [0.2, 0.25) is 5.91 Å². The molecule has 1 saturated heterocycles. The molecule has 15 heavy (non-hydrogen) atoms. The highest BCUT2D eigenvalue weighted by Crippen LogP contribution is 2.24. The number of rotatable bonds is 2. The lowest BCUT2D eigenvalue weighted by Crippen LogP contribution is -2.35. The zero-order valence-electron chi connectivity index (χ0n) is 9.06. The van der Waals surface area contributed by atoms with Gasteiger partial charge in [0, 0.05) is 31.5 Å². The zero-order valence-corrected chi connectivity index (χ0v) is 9.06. The SMILES string of the molecule is O=C(C1CC=CCC1)N1CCC(CO)C1. The lowest BCUT2D eigenvalue weighted by Gasteiger charge is -2.24. The normalized spacial score (nSPS) is 30.9. The minimum atomic E-state index is 0.201. The van der Waals surface area contributed by atoms with Gasteiger partial charge in [0.25, 0.3) is 0 Å². The minimum Gasteiger partial charge on any atom is -0.396 e. The first-order valence-corrected chi connectivity index (χ1v) is 5.86. The number of aliphatic hydroxyl groups excluding tert-OH is 1. The van der Waals surface area contributed by atoms with Crippen molar-refractivity contribution in [1.82, 2.24) is 4.90 Å². The molecule has 0 saturated carbocycles. The molecule has 84 valence electrons. The van der Waals surface area contributed by atoms with E-state index in [9.17, 15) is 4.79 Å². The van der Waals surface area contributed by atoms with Crippen molar-refractivity contribution in [2.24, 2.45) is 11.8 Å². The Morgan fingerprint density at radius 3 is 2.87 bits per heavy atom. The summed E-state index contributed by atoms with van der Waals surface area (Å²) in [6.07, 6.45) is 8.17. The summed E-state index contributed by atoms with van der Waals surface area (Å²) in [7, 11) is 0. The van der Waals surface area contributed by atoms with Crippen molar-refractivity contribution in [3.05, 3.63) is 12.2 Å². The average Bonchev–Trinajstić information content (AvgIpc) is 2.78. The molecule has 0 aromatic rings. The van der Waals surface area contributed by atoms with Gasteiger partial charge >= 0.3 is 0 Å². The standard InChI is InChI=1S/C12H19NO2/c14-9-10-6-7-13(8-10)12(15)11-4-2-1-3-5-11/h1-2,10-11,14H,3-9H2. The highest BCUT2D eigenvalue weighted by Gasteiger charge is 2.30. The smallest absolute Gasteiger partial charge is 0.226 e. The van der Waals surface area contributed by atoms with E-state index >= 15 is 0 Å². The van der Waals surface area contributed by atoms with E-state index in [0.717, 1.165) is 38.8 Å². The Kier molecular flexibility index (Phi) is 3.41. The van der Waals surface area contributed by atoms with Crippen molar-refractivity contribution in [2.75, 3.05) is 19.7 Å². The van der Waals surface area contributed by atoms with E-state index in [1.54, 1.807) is 0 Å². The molecule has 3 nitrogen and oxygen atoms in total. The van der Waals surface area contributed by atoms with Crippen LogP contribution in [0.3, 0.4) is 0 Å². The highest BCUT2D eigenvalue weighted by molar-refractivity contribution is 5.79. The van der Waals surface area contributed by atoms with Crippen LogP contribution in [0.1, 0.15) is 25.7 Å². The van der Waals surface area contributed by atoms with E-state index in [-0.39, 0.29) is 12.5 Å². The van der Waals surface area contributed by atoms with Gasteiger partial charge in [-0.3, -0.25) is 4.79 Å². The van der Waals surface area contributed by atoms with E-state index < -0.39 is 0 Å². The summed E-state index contributed by atoms with van der Waals surface area (Å²) in [6, 6.07) is 0. The number of nitrogens with zero attached hydrogens (tertiary/aromatic N) is 1. The molecular formula is C12H19NO2. The predicted molar refractivity (Wildman–Crippen MR) is 58.3 cm³/mol. The van der Waals surface area contributed by atoms with E-state index in [2.05, 4.69) is 12.2 Å². The fourth-order valence-corrected chi connectivity index (χ4v) is 2.46. The van der Waals surface area contributed by atoms with Crippen molar-refractivity contribution < 1.29 is 9.90 Å². The Morgan fingerprint density at radius 1 is 1.40 bits per heavy atom. The summed E-state index contributed by atoms with van der Waals surface area (Å²) >= 11 is 0. The van der Waals surface area contributed by atoms with Crippen LogP contribution in [0.2, 0.25) is 0 Å². The number of carbonyl (C=O) groups excluding carboxylic acids is 1. The Hall–Kier alpha value is -0.830. The van der Waals surface area contributed by atoms with Gasteiger partial charge in [-0.2, -0.15) is 0 Å². The van der Waals surface area contributed by atoms with Gasteiger partial charge in [-0.15, -0.1) is 0 Å². The van der Waals surface area contributed by atoms with Crippen molar-refractivity contribution >= 4 is 5.91 Å². The van der Waals surface area contributed by atoms with Crippen LogP contribution < -0.4 is 0 Å². The Morgan fingerprint density at radius 2 is 2.27 bits per heavy atom. The van der Waals surface area contributed by atoms with Crippen LogP contribution in [0.15, 0.2) is 12.2 Å². The summed E-state index contributed by atoms with van der Waals surface area (Å²) in [5.74, 6) is 0.816. The number of hydrogen-bond acceptors (Lipinski definition) is 2. The molecule has 1 fully saturated rings. The number of aliphatic hydroxyl groups is 1. The quantitative estimate of drug-likeness (QED) is 0.694. The maximum atomic E-state index is 12.1. The van der Waals surface area contributed by atoms with E-state index in [0.29, 0.717) is 11.8 Å². The van der Waals surface area contributed by atoms with Crippen LogP contribution >= 0.6 is 0 Å². The third kappa shape index (κ3) is 2.40. The lowest BCUT2D eigenvalue weighted by atomic mass is 9.93. The van der Waals surface area contributed by atoms with Crippen molar-refractivity contribution in [3.63, 3.8) is 0 Å². The molecule has 2 rings (SSSR count). The number of likely N-dealkylation sites (tertiary alicyclic amines) is 1. The van der Waals surface area contributed by atoms with Crippen molar-refractivity contribution in [1.29, 1.82) is 0 Å². The first kappa shape index (κ1) is 10.7. The second kappa shape index (κ2) is 4.79. The van der Waals surface area contributed by atoms with Crippen molar-refractivity contribution in [2.45, 2.75) is 25.7 Å². The Labute approximate surface area is 90.8 Å². The van der Waals surface area contributed by atoms with Crippen molar-refractivity contribution in [3.8, 4) is 0 Å². The number of carbonyl (C=O) groups is 1. The molecule has 2 aliphatic rings. The maximum Gasteiger partial charge on any atom is 0.226 e. The number of amides is 1. The first-order chi connectivity index (χ1) is 7.31. The van der Waals surface area contributed by atoms with Gasteiger partial charge in [0.15, 0.2) is 0 Å². The molecule has 0 bridgehead atoms. The Bertz CT molecular complexity index is 262. The molecule has 1 aliphatic heterocycles. The number of allylic oxidation sites excluding steroid dienone is 2. The molecule has 0 spiro atoms. The van der Waals surface area contributed by atoms with Gasteiger partial charge < -0.3 is 10.0 Å². The zero-order chi connectivity index (χ0) is 10.7. The van der Waals surface area contributed by atoms with Crippen LogP contribution in [-0.4, -0.2) is 35.6 Å². The topological polar surface area (TPSA) is 40.5 Å². The molecule has 0 radical (unpaired) electrons. The van der Waals surface area contributed by atoms with E-state index in [1.165, 1.54) is 0 Å². The average molecular weight is 209 g/mol. The first-order valence-electron chi connectivity index (χ1n) is 5.86. The third-order valence-corrected chi connectivity index (χ3v) is 3.47. The van der Waals surface area contributed by atoms with E-state index in [4.69, 9.17) is 5.11 Å².